The first kappa shape index (κ1) is 15.4. The number of aromatic nitrogens is 3. The van der Waals surface area contributed by atoms with Gasteiger partial charge >= 0.3 is 0 Å². The van der Waals surface area contributed by atoms with Crippen LogP contribution in [0.4, 0.5) is 5.82 Å². The van der Waals surface area contributed by atoms with Crippen LogP contribution in [-0.4, -0.2) is 22.2 Å². The molecule has 0 unspecified atom stereocenters. The number of nitriles is 1. The Bertz CT molecular complexity index is 671. The fourth-order valence-electron chi connectivity index (χ4n) is 2.35. The Hall–Kier alpha value is -2.00. The number of hydrogen-bond donors (Lipinski definition) is 0. The van der Waals surface area contributed by atoms with Crippen LogP contribution in [0.25, 0.3) is 0 Å². The lowest BCUT2D eigenvalue weighted by atomic mass is 10.0. The maximum absolute atomic E-state index is 9.51. The van der Waals surface area contributed by atoms with Crippen molar-refractivity contribution in [2.45, 2.75) is 40.2 Å². The summed E-state index contributed by atoms with van der Waals surface area (Å²) in [5, 5.41) is 21.1. The van der Waals surface area contributed by atoms with Crippen LogP contribution in [0.1, 0.15) is 41.4 Å². The van der Waals surface area contributed by atoms with Crippen molar-refractivity contribution in [2.24, 2.45) is 0 Å². The normalized spacial score (nSPS) is 10.4. The van der Waals surface area contributed by atoms with Crippen molar-refractivity contribution in [3.63, 3.8) is 0 Å². The zero-order valence-electron chi connectivity index (χ0n) is 12.8. The molecule has 21 heavy (non-hydrogen) atoms. The molecule has 2 rings (SSSR count). The monoisotopic (exact) mass is 301 g/mol. The second-order valence-corrected chi connectivity index (χ2v) is 5.92. The molecule has 110 valence electrons. The van der Waals surface area contributed by atoms with E-state index in [1.165, 1.54) is 0 Å². The lowest BCUT2D eigenvalue weighted by molar-refractivity contribution is 0.809. The highest BCUT2D eigenvalue weighted by molar-refractivity contribution is 7.09. The minimum absolute atomic E-state index is 0.627. The molecule has 2 aromatic heterocycles. The van der Waals surface area contributed by atoms with Crippen LogP contribution in [0.2, 0.25) is 0 Å². The molecule has 2 aromatic rings. The molecule has 0 saturated heterocycles. The molecule has 0 atom stereocenters. The summed E-state index contributed by atoms with van der Waals surface area (Å²) in [5.41, 5.74) is 3.55. The van der Waals surface area contributed by atoms with Crippen LogP contribution in [-0.2, 0) is 19.4 Å². The lowest BCUT2D eigenvalue weighted by Crippen LogP contribution is -2.21. The second-order valence-electron chi connectivity index (χ2n) is 4.86. The Morgan fingerprint density at radius 2 is 2.05 bits per heavy atom. The summed E-state index contributed by atoms with van der Waals surface area (Å²) in [5.74, 6) is 0.636. The van der Waals surface area contributed by atoms with E-state index in [-0.39, 0.29) is 0 Å². The van der Waals surface area contributed by atoms with Gasteiger partial charge in [0.1, 0.15) is 11.6 Å². The van der Waals surface area contributed by atoms with Crippen LogP contribution in [0.5, 0.6) is 0 Å². The van der Waals surface area contributed by atoms with Gasteiger partial charge in [0, 0.05) is 12.4 Å². The fraction of sp³-hybridized carbons (Fsp3) is 0.467. The van der Waals surface area contributed by atoms with E-state index in [1.54, 1.807) is 11.3 Å². The zero-order chi connectivity index (χ0) is 15.4. The van der Waals surface area contributed by atoms with E-state index < -0.39 is 0 Å². The molecule has 0 aliphatic heterocycles. The number of rotatable bonds is 5. The fourth-order valence-corrected chi connectivity index (χ4v) is 2.95. The molecule has 0 spiro atoms. The molecular weight excluding hydrogens is 282 g/mol. The molecule has 2 heterocycles. The number of nitrogens with zero attached hydrogens (tertiary/aromatic N) is 5. The highest BCUT2D eigenvalue weighted by Gasteiger charge is 2.17. The van der Waals surface area contributed by atoms with Crippen LogP contribution in [0, 0.1) is 18.3 Å². The summed E-state index contributed by atoms with van der Waals surface area (Å²) in [4.78, 5) is 6.40. The van der Waals surface area contributed by atoms with E-state index in [1.807, 2.05) is 38.1 Å². The Balaban J connectivity index is 2.37. The summed E-state index contributed by atoms with van der Waals surface area (Å²) in [7, 11) is 1.92. The third kappa shape index (κ3) is 3.19. The van der Waals surface area contributed by atoms with Crippen molar-refractivity contribution >= 4 is 17.2 Å². The predicted octanol–water partition coefficient (Wildman–Crippen LogP) is 2.87. The van der Waals surface area contributed by atoms with Crippen molar-refractivity contribution in [1.82, 2.24) is 15.2 Å². The molecule has 0 aliphatic carbocycles. The first-order valence-corrected chi connectivity index (χ1v) is 7.89. The SMILES string of the molecule is CCc1nnc(N(C)Cc2csc(C)n2)c(C#N)c1CC. The quantitative estimate of drug-likeness (QED) is 0.849. The van der Waals surface area contributed by atoms with Crippen LogP contribution in [0.15, 0.2) is 5.38 Å². The maximum Gasteiger partial charge on any atom is 0.169 e. The highest BCUT2D eigenvalue weighted by Crippen LogP contribution is 2.23. The van der Waals surface area contributed by atoms with Crippen molar-refractivity contribution < 1.29 is 0 Å². The van der Waals surface area contributed by atoms with Gasteiger partial charge in [-0.15, -0.1) is 16.4 Å². The van der Waals surface area contributed by atoms with Gasteiger partial charge in [-0.25, -0.2) is 4.98 Å². The van der Waals surface area contributed by atoms with Gasteiger partial charge in [-0.1, -0.05) is 13.8 Å². The highest BCUT2D eigenvalue weighted by atomic mass is 32.1. The Kier molecular flexibility index (Phi) is 4.86. The smallest absolute Gasteiger partial charge is 0.169 e. The summed E-state index contributed by atoms with van der Waals surface area (Å²) < 4.78 is 0. The largest absolute Gasteiger partial charge is 0.351 e. The summed E-state index contributed by atoms with van der Waals surface area (Å²) in [6.45, 7) is 6.69. The molecule has 0 amide bonds. The number of hydrogen-bond acceptors (Lipinski definition) is 6. The van der Waals surface area contributed by atoms with Gasteiger partial charge in [0.05, 0.1) is 22.9 Å². The molecule has 0 radical (unpaired) electrons. The molecule has 0 fully saturated rings. The van der Waals surface area contributed by atoms with Crippen molar-refractivity contribution in [3.05, 3.63) is 32.9 Å². The van der Waals surface area contributed by atoms with Crippen molar-refractivity contribution in [3.8, 4) is 6.07 Å². The first-order valence-electron chi connectivity index (χ1n) is 7.01. The van der Waals surface area contributed by atoms with Gasteiger partial charge in [0.15, 0.2) is 5.82 Å². The van der Waals surface area contributed by atoms with Gasteiger partial charge in [-0.2, -0.15) is 10.4 Å². The standard InChI is InChI=1S/C15H19N5S/c1-5-12-13(7-16)15(19-18-14(12)6-2)20(4)8-11-9-21-10(3)17-11/h9H,5-6,8H2,1-4H3. The van der Waals surface area contributed by atoms with E-state index >= 15 is 0 Å². The first-order chi connectivity index (χ1) is 10.1. The van der Waals surface area contributed by atoms with Crippen molar-refractivity contribution in [2.75, 3.05) is 11.9 Å². The Labute approximate surface area is 129 Å². The molecule has 0 aliphatic rings. The van der Waals surface area contributed by atoms with Crippen LogP contribution < -0.4 is 4.90 Å². The van der Waals surface area contributed by atoms with Crippen molar-refractivity contribution in [1.29, 1.82) is 5.26 Å². The van der Waals surface area contributed by atoms with Gasteiger partial charge in [-0.3, -0.25) is 0 Å². The van der Waals surface area contributed by atoms with E-state index in [0.717, 1.165) is 34.8 Å². The average molecular weight is 301 g/mol. The molecule has 5 nitrogen and oxygen atoms in total. The third-order valence-electron chi connectivity index (χ3n) is 3.37. The zero-order valence-corrected chi connectivity index (χ0v) is 13.7. The van der Waals surface area contributed by atoms with Gasteiger partial charge < -0.3 is 4.90 Å². The molecule has 0 N–H and O–H groups in total. The topological polar surface area (TPSA) is 65.7 Å². The minimum atomic E-state index is 0.627. The van der Waals surface area contributed by atoms with E-state index in [0.29, 0.717) is 17.9 Å². The summed E-state index contributed by atoms with van der Waals surface area (Å²) in [6, 6.07) is 2.30. The average Bonchev–Trinajstić information content (AvgIpc) is 2.90. The van der Waals surface area contributed by atoms with Gasteiger partial charge in [0.25, 0.3) is 0 Å². The van der Waals surface area contributed by atoms with Crippen LogP contribution in [0.3, 0.4) is 0 Å². The van der Waals surface area contributed by atoms with Crippen LogP contribution >= 0.6 is 11.3 Å². The summed E-state index contributed by atoms with van der Waals surface area (Å²) >= 11 is 1.63. The van der Waals surface area contributed by atoms with E-state index in [4.69, 9.17) is 0 Å². The molecule has 6 heteroatoms. The number of aryl methyl sites for hydroxylation is 2. The second kappa shape index (κ2) is 6.64. The van der Waals surface area contributed by atoms with E-state index in [9.17, 15) is 5.26 Å². The van der Waals surface area contributed by atoms with E-state index in [2.05, 4.69) is 21.3 Å². The molecule has 0 aromatic carbocycles. The lowest BCUT2D eigenvalue weighted by Gasteiger charge is -2.19. The number of anilines is 1. The molecule has 0 saturated carbocycles. The number of thiazole rings is 1. The minimum Gasteiger partial charge on any atom is -0.351 e. The molecule has 0 bridgehead atoms. The summed E-state index contributed by atoms with van der Waals surface area (Å²) in [6.07, 6.45) is 1.58. The molecular formula is C15H19N5S. The Morgan fingerprint density at radius 1 is 1.29 bits per heavy atom. The third-order valence-corrected chi connectivity index (χ3v) is 4.19. The Morgan fingerprint density at radius 3 is 2.57 bits per heavy atom. The van der Waals surface area contributed by atoms with Gasteiger partial charge in [-0.05, 0) is 25.3 Å². The maximum atomic E-state index is 9.51. The predicted molar refractivity (Wildman–Crippen MR) is 84.5 cm³/mol. The van der Waals surface area contributed by atoms with Gasteiger partial charge in [0.2, 0.25) is 0 Å².